The highest BCUT2D eigenvalue weighted by molar-refractivity contribution is 5.78. The van der Waals surface area contributed by atoms with Crippen molar-refractivity contribution in [3.05, 3.63) is 29.8 Å². The summed E-state index contributed by atoms with van der Waals surface area (Å²) >= 11 is 0. The molecular formula is C21H34N4O3. The minimum Gasteiger partial charge on any atom is -0.496 e. The number of para-hydroxylation sites is 1. The Kier molecular flexibility index (Phi) is 9.07. The fourth-order valence-electron chi connectivity index (χ4n) is 3.58. The molecular weight excluding hydrogens is 356 g/mol. The van der Waals surface area contributed by atoms with E-state index in [1.165, 1.54) is 19.3 Å². The molecule has 0 radical (unpaired) electrons. The summed E-state index contributed by atoms with van der Waals surface area (Å²) in [5.74, 6) is 0.719. The van der Waals surface area contributed by atoms with E-state index in [1.807, 2.05) is 43.3 Å². The van der Waals surface area contributed by atoms with Gasteiger partial charge in [-0.1, -0.05) is 37.5 Å². The molecule has 0 aliphatic heterocycles. The van der Waals surface area contributed by atoms with Gasteiger partial charge in [-0.3, -0.25) is 4.79 Å². The van der Waals surface area contributed by atoms with E-state index < -0.39 is 0 Å². The fourth-order valence-corrected chi connectivity index (χ4v) is 3.58. The Morgan fingerprint density at radius 2 is 1.86 bits per heavy atom. The smallest absolute Gasteiger partial charge is 0.315 e. The van der Waals surface area contributed by atoms with Crippen LogP contribution in [0.2, 0.25) is 0 Å². The molecule has 28 heavy (non-hydrogen) atoms. The van der Waals surface area contributed by atoms with Crippen LogP contribution in [0.5, 0.6) is 5.75 Å². The van der Waals surface area contributed by atoms with Gasteiger partial charge in [0.2, 0.25) is 5.91 Å². The molecule has 1 saturated carbocycles. The Bertz CT molecular complexity index is 630. The van der Waals surface area contributed by atoms with Crippen LogP contribution in [-0.2, 0) is 4.79 Å². The number of nitrogens with zero attached hydrogens (tertiary/aromatic N) is 1. The van der Waals surface area contributed by atoms with Crippen molar-refractivity contribution in [2.24, 2.45) is 0 Å². The molecule has 1 aliphatic carbocycles. The number of nitrogens with one attached hydrogen (secondary N) is 3. The summed E-state index contributed by atoms with van der Waals surface area (Å²) in [6.45, 7) is 0.798. The minimum atomic E-state index is -0.181. The van der Waals surface area contributed by atoms with Gasteiger partial charge in [0.1, 0.15) is 5.75 Å². The van der Waals surface area contributed by atoms with Crippen LogP contribution in [0.4, 0.5) is 4.79 Å². The SMILES string of the molecule is COc1ccccc1C(CNC(=O)CCNC(=O)NC1CCCCC1)N(C)C. The van der Waals surface area contributed by atoms with Crippen molar-refractivity contribution in [3.63, 3.8) is 0 Å². The third-order valence-corrected chi connectivity index (χ3v) is 5.19. The Hall–Kier alpha value is -2.28. The van der Waals surface area contributed by atoms with Gasteiger partial charge in [0.05, 0.1) is 13.2 Å². The van der Waals surface area contributed by atoms with Gasteiger partial charge in [0, 0.05) is 31.1 Å². The lowest BCUT2D eigenvalue weighted by atomic mass is 9.96. The zero-order valence-electron chi connectivity index (χ0n) is 17.3. The molecule has 7 heteroatoms. The molecule has 1 atom stereocenters. The van der Waals surface area contributed by atoms with Crippen molar-refractivity contribution in [1.29, 1.82) is 0 Å². The van der Waals surface area contributed by atoms with E-state index in [4.69, 9.17) is 4.74 Å². The second-order valence-corrected chi connectivity index (χ2v) is 7.51. The average Bonchev–Trinajstić information content (AvgIpc) is 2.69. The number of hydrogen-bond donors (Lipinski definition) is 3. The second-order valence-electron chi connectivity index (χ2n) is 7.51. The van der Waals surface area contributed by atoms with Crippen LogP contribution in [0.25, 0.3) is 0 Å². The topological polar surface area (TPSA) is 82.7 Å². The lowest BCUT2D eigenvalue weighted by Crippen LogP contribution is -2.44. The number of amides is 3. The van der Waals surface area contributed by atoms with Gasteiger partial charge in [0.15, 0.2) is 0 Å². The first-order valence-corrected chi connectivity index (χ1v) is 10.1. The van der Waals surface area contributed by atoms with Gasteiger partial charge in [-0.25, -0.2) is 4.79 Å². The molecule has 1 aromatic carbocycles. The molecule has 0 aromatic heterocycles. The number of rotatable bonds is 9. The third kappa shape index (κ3) is 7.03. The molecule has 2 rings (SSSR count). The number of methoxy groups -OCH3 is 1. The van der Waals surface area contributed by atoms with Gasteiger partial charge < -0.3 is 25.6 Å². The maximum atomic E-state index is 12.2. The van der Waals surface area contributed by atoms with Crippen molar-refractivity contribution in [2.45, 2.75) is 50.6 Å². The Morgan fingerprint density at radius 3 is 2.54 bits per heavy atom. The van der Waals surface area contributed by atoms with Crippen LogP contribution >= 0.6 is 0 Å². The molecule has 1 aliphatic rings. The zero-order chi connectivity index (χ0) is 20.4. The van der Waals surface area contributed by atoms with Gasteiger partial charge in [-0.05, 0) is 33.0 Å². The maximum Gasteiger partial charge on any atom is 0.315 e. The molecule has 3 N–H and O–H groups in total. The first kappa shape index (κ1) is 22.0. The van der Waals surface area contributed by atoms with E-state index in [9.17, 15) is 9.59 Å². The number of hydrogen-bond acceptors (Lipinski definition) is 4. The first-order valence-electron chi connectivity index (χ1n) is 10.1. The van der Waals surface area contributed by atoms with E-state index in [2.05, 4.69) is 16.0 Å². The van der Waals surface area contributed by atoms with Crippen molar-refractivity contribution in [1.82, 2.24) is 20.9 Å². The molecule has 1 unspecified atom stereocenters. The lowest BCUT2D eigenvalue weighted by molar-refractivity contribution is -0.121. The largest absolute Gasteiger partial charge is 0.496 e. The second kappa shape index (κ2) is 11.5. The number of urea groups is 1. The fraction of sp³-hybridized carbons (Fsp3) is 0.619. The van der Waals surface area contributed by atoms with E-state index in [-0.39, 0.29) is 30.4 Å². The Morgan fingerprint density at radius 1 is 1.14 bits per heavy atom. The van der Waals surface area contributed by atoms with Crippen LogP contribution in [0, 0.1) is 0 Å². The van der Waals surface area contributed by atoms with Crippen LogP contribution in [-0.4, -0.2) is 57.2 Å². The summed E-state index contributed by atoms with van der Waals surface area (Å²) in [6, 6.07) is 7.91. The lowest BCUT2D eigenvalue weighted by Gasteiger charge is -2.26. The zero-order valence-corrected chi connectivity index (χ0v) is 17.3. The highest BCUT2D eigenvalue weighted by Gasteiger charge is 2.19. The van der Waals surface area contributed by atoms with Crippen LogP contribution in [0.3, 0.4) is 0 Å². The molecule has 0 saturated heterocycles. The first-order chi connectivity index (χ1) is 13.5. The number of carbonyl (C=O) groups excluding carboxylic acids is 2. The van der Waals surface area contributed by atoms with Crippen molar-refractivity contribution < 1.29 is 14.3 Å². The Labute approximate surface area is 168 Å². The summed E-state index contributed by atoms with van der Waals surface area (Å²) < 4.78 is 5.44. The summed E-state index contributed by atoms with van der Waals surface area (Å²) in [5.41, 5.74) is 1.03. The van der Waals surface area contributed by atoms with E-state index in [0.29, 0.717) is 13.1 Å². The van der Waals surface area contributed by atoms with Crippen LogP contribution < -0.4 is 20.7 Å². The normalized spacial score (nSPS) is 15.7. The average molecular weight is 391 g/mol. The third-order valence-electron chi connectivity index (χ3n) is 5.19. The number of carbonyl (C=O) groups is 2. The standard InChI is InChI=1S/C21H34N4O3/c1-25(2)18(17-11-7-8-12-19(17)28-3)15-23-20(26)13-14-22-21(27)24-16-9-5-4-6-10-16/h7-8,11-12,16,18H,4-6,9-10,13-15H2,1-3H3,(H,23,26)(H2,22,24,27). The van der Waals surface area contributed by atoms with E-state index in [0.717, 1.165) is 24.2 Å². The minimum absolute atomic E-state index is 0.00246. The highest BCUT2D eigenvalue weighted by Crippen LogP contribution is 2.27. The van der Waals surface area contributed by atoms with E-state index in [1.54, 1.807) is 7.11 Å². The number of ether oxygens (including phenoxy) is 1. The summed E-state index contributed by atoms with van der Waals surface area (Å²) in [4.78, 5) is 26.2. The predicted molar refractivity (Wildman–Crippen MR) is 110 cm³/mol. The van der Waals surface area contributed by atoms with Crippen LogP contribution in [0.15, 0.2) is 24.3 Å². The monoisotopic (exact) mass is 390 g/mol. The van der Waals surface area contributed by atoms with Gasteiger partial charge in [-0.2, -0.15) is 0 Å². The molecule has 0 heterocycles. The number of benzene rings is 1. The highest BCUT2D eigenvalue weighted by atomic mass is 16.5. The van der Waals surface area contributed by atoms with Crippen molar-refractivity contribution in [2.75, 3.05) is 34.3 Å². The maximum absolute atomic E-state index is 12.2. The van der Waals surface area contributed by atoms with Gasteiger partial charge in [-0.15, -0.1) is 0 Å². The summed E-state index contributed by atoms with van der Waals surface area (Å²) in [7, 11) is 5.59. The van der Waals surface area contributed by atoms with Crippen molar-refractivity contribution in [3.8, 4) is 5.75 Å². The van der Waals surface area contributed by atoms with Crippen molar-refractivity contribution >= 4 is 11.9 Å². The van der Waals surface area contributed by atoms with E-state index >= 15 is 0 Å². The Balaban J connectivity index is 1.73. The summed E-state index contributed by atoms with van der Waals surface area (Å²) in [5, 5.41) is 8.73. The summed E-state index contributed by atoms with van der Waals surface area (Å²) in [6.07, 6.45) is 5.94. The number of likely N-dealkylation sites (N-methyl/N-ethyl adjacent to an activating group) is 1. The predicted octanol–water partition coefficient (Wildman–Crippen LogP) is 2.44. The van der Waals surface area contributed by atoms with Gasteiger partial charge in [0.25, 0.3) is 0 Å². The molecule has 156 valence electrons. The molecule has 0 spiro atoms. The molecule has 1 aromatic rings. The molecule has 0 bridgehead atoms. The van der Waals surface area contributed by atoms with Crippen LogP contribution in [0.1, 0.15) is 50.1 Å². The quantitative estimate of drug-likeness (QED) is 0.605. The molecule has 7 nitrogen and oxygen atoms in total. The molecule has 1 fully saturated rings. The van der Waals surface area contributed by atoms with Gasteiger partial charge >= 0.3 is 6.03 Å². The molecule has 3 amide bonds.